The molecule has 0 spiro atoms. The van der Waals surface area contributed by atoms with Gasteiger partial charge in [-0.2, -0.15) is 0 Å². The number of hydrogen-bond acceptors (Lipinski definition) is 5. The second kappa shape index (κ2) is 3.73. The molecule has 0 aromatic carbocycles. The van der Waals surface area contributed by atoms with Crippen LogP contribution < -0.4 is 5.73 Å². The summed E-state index contributed by atoms with van der Waals surface area (Å²) in [4.78, 5) is 0. The number of aryl methyl sites for hydroxylation is 1. The molecule has 0 saturated heterocycles. The van der Waals surface area contributed by atoms with Gasteiger partial charge < -0.3 is 10.2 Å². The maximum Gasteiger partial charge on any atom is 0.276 e. The third kappa shape index (κ3) is 2.51. The molecule has 0 radical (unpaired) electrons. The van der Waals surface area contributed by atoms with Crippen LogP contribution in [0.2, 0.25) is 0 Å². The fourth-order valence-corrected chi connectivity index (χ4v) is 1.24. The monoisotopic (exact) mass is 173 g/mol. The van der Waals surface area contributed by atoms with E-state index in [4.69, 9.17) is 10.2 Å². The molecule has 4 nitrogen and oxygen atoms in total. The quantitative estimate of drug-likeness (QED) is 0.685. The number of nitrogens with zero attached hydrogens (tertiary/aromatic N) is 2. The first-order valence-corrected chi connectivity index (χ1v) is 4.27. The van der Waals surface area contributed by atoms with Gasteiger partial charge in [0.2, 0.25) is 5.89 Å². The Kier molecular flexibility index (Phi) is 2.90. The van der Waals surface area contributed by atoms with E-state index in [1.807, 2.05) is 6.92 Å². The van der Waals surface area contributed by atoms with Crippen LogP contribution in [0.15, 0.2) is 9.64 Å². The van der Waals surface area contributed by atoms with E-state index < -0.39 is 0 Å². The second-order valence-electron chi connectivity index (χ2n) is 2.25. The van der Waals surface area contributed by atoms with Gasteiger partial charge in [-0.15, -0.1) is 10.2 Å². The molecule has 5 heteroatoms. The Labute approximate surface area is 69.6 Å². The summed E-state index contributed by atoms with van der Waals surface area (Å²) in [7, 11) is 0. The second-order valence-corrected chi connectivity index (χ2v) is 3.64. The molecule has 1 aromatic heterocycles. The van der Waals surface area contributed by atoms with Crippen LogP contribution in [0, 0.1) is 6.92 Å². The zero-order chi connectivity index (χ0) is 8.27. The van der Waals surface area contributed by atoms with Crippen LogP contribution in [0.4, 0.5) is 0 Å². The zero-order valence-electron chi connectivity index (χ0n) is 6.57. The van der Waals surface area contributed by atoms with E-state index in [0.29, 0.717) is 22.9 Å². The Hall–Kier alpha value is -0.550. The summed E-state index contributed by atoms with van der Waals surface area (Å²) in [5.41, 5.74) is 5.42. The van der Waals surface area contributed by atoms with Crippen LogP contribution in [0.3, 0.4) is 0 Å². The molecule has 0 aliphatic heterocycles. The highest BCUT2D eigenvalue weighted by molar-refractivity contribution is 7.99. The summed E-state index contributed by atoms with van der Waals surface area (Å²) in [6.45, 7) is 4.40. The van der Waals surface area contributed by atoms with Crippen LogP contribution in [0.1, 0.15) is 12.8 Å². The third-order valence-electron chi connectivity index (χ3n) is 1.14. The van der Waals surface area contributed by atoms with Crippen molar-refractivity contribution in [2.45, 2.75) is 24.3 Å². The van der Waals surface area contributed by atoms with Crippen LogP contribution in [0.25, 0.3) is 0 Å². The lowest BCUT2D eigenvalue weighted by Crippen LogP contribution is -2.12. The molecule has 1 unspecified atom stereocenters. The van der Waals surface area contributed by atoms with Crippen molar-refractivity contribution < 1.29 is 4.42 Å². The molecule has 62 valence electrons. The molecule has 0 saturated carbocycles. The van der Waals surface area contributed by atoms with Gasteiger partial charge in [-0.05, 0) is 0 Å². The molecule has 2 N–H and O–H groups in total. The number of thioether (sulfide) groups is 1. The van der Waals surface area contributed by atoms with E-state index >= 15 is 0 Å². The number of nitrogens with two attached hydrogens (primary N) is 1. The van der Waals surface area contributed by atoms with Crippen molar-refractivity contribution in [1.82, 2.24) is 10.2 Å². The molecule has 0 aliphatic carbocycles. The lowest BCUT2D eigenvalue weighted by molar-refractivity contribution is 0.428. The molecule has 1 heterocycles. The largest absolute Gasteiger partial charge is 0.416 e. The predicted molar refractivity (Wildman–Crippen MR) is 43.4 cm³/mol. The molecule has 1 rings (SSSR count). The van der Waals surface area contributed by atoms with E-state index in [1.165, 1.54) is 11.8 Å². The number of hydrogen-bond donors (Lipinski definition) is 1. The maximum atomic E-state index is 5.42. The summed E-state index contributed by atoms with van der Waals surface area (Å²) in [6.07, 6.45) is 0. The highest BCUT2D eigenvalue weighted by Crippen LogP contribution is 2.20. The Bertz CT molecular complexity index is 225. The lowest BCUT2D eigenvalue weighted by Gasteiger charge is -2.01. The molecule has 0 bridgehead atoms. The fourth-order valence-electron chi connectivity index (χ4n) is 0.546. The van der Waals surface area contributed by atoms with E-state index in [9.17, 15) is 0 Å². The minimum Gasteiger partial charge on any atom is -0.416 e. The van der Waals surface area contributed by atoms with Crippen LogP contribution in [-0.4, -0.2) is 22.0 Å². The van der Waals surface area contributed by atoms with Crippen LogP contribution in [-0.2, 0) is 0 Å². The Morgan fingerprint density at radius 2 is 2.36 bits per heavy atom. The maximum absolute atomic E-state index is 5.42. The minimum atomic E-state index is 0.329. The van der Waals surface area contributed by atoms with Crippen molar-refractivity contribution in [3.05, 3.63) is 5.89 Å². The fraction of sp³-hybridized carbons (Fsp3) is 0.667. The standard InChI is InChI=1S/C6H11N3OS/c1-4(3-7)11-6-9-8-5(2)10-6/h4H,3,7H2,1-2H3. The summed E-state index contributed by atoms with van der Waals surface area (Å²) in [5.74, 6) is 0.594. The van der Waals surface area contributed by atoms with E-state index in [1.54, 1.807) is 6.92 Å². The molecule has 0 aliphatic rings. The van der Waals surface area contributed by atoms with Crippen LogP contribution >= 0.6 is 11.8 Å². The van der Waals surface area contributed by atoms with Crippen molar-refractivity contribution in [3.8, 4) is 0 Å². The van der Waals surface area contributed by atoms with Crippen molar-refractivity contribution in [1.29, 1.82) is 0 Å². The SMILES string of the molecule is Cc1nnc(SC(C)CN)o1. The predicted octanol–water partition coefficient (Wildman–Crippen LogP) is 0.817. The molecule has 0 fully saturated rings. The lowest BCUT2D eigenvalue weighted by atomic mass is 10.5. The van der Waals surface area contributed by atoms with Gasteiger partial charge in [-0.3, -0.25) is 0 Å². The summed E-state index contributed by atoms with van der Waals surface area (Å²) in [5, 5.41) is 8.45. The molecule has 1 atom stereocenters. The average Bonchev–Trinajstić information content (AvgIpc) is 2.35. The first kappa shape index (κ1) is 8.55. The van der Waals surface area contributed by atoms with Gasteiger partial charge in [0, 0.05) is 18.7 Å². The van der Waals surface area contributed by atoms with Gasteiger partial charge >= 0.3 is 0 Å². The summed E-state index contributed by atoms with van der Waals surface area (Å²) in [6, 6.07) is 0. The van der Waals surface area contributed by atoms with Gasteiger partial charge in [0.1, 0.15) is 0 Å². The summed E-state index contributed by atoms with van der Waals surface area (Å²) >= 11 is 1.50. The number of rotatable bonds is 3. The normalized spacial score (nSPS) is 13.4. The van der Waals surface area contributed by atoms with Gasteiger partial charge in [0.25, 0.3) is 5.22 Å². The molecule has 11 heavy (non-hydrogen) atoms. The van der Waals surface area contributed by atoms with E-state index in [-0.39, 0.29) is 0 Å². The molecular weight excluding hydrogens is 162 g/mol. The van der Waals surface area contributed by atoms with Gasteiger partial charge in [0.15, 0.2) is 0 Å². The third-order valence-corrected chi connectivity index (χ3v) is 2.10. The molecule has 1 aromatic rings. The highest BCUT2D eigenvalue weighted by Gasteiger charge is 2.07. The van der Waals surface area contributed by atoms with E-state index in [2.05, 4.69) is 10.2 Å². The van der Waals surface area contributed by atoms with Gasteiger partial charge in [-0.1, -0.05) is 18.7 Å². The highest BCUT2D eigenvalue weighted by atomic mass is 32.2. The molecule has 0 amide bonds. The number of aromatic nitrogens is 2. The minimum absolute atomic E-state index is 0.329. The van der Waals surface area contributed by atoms with Crippen molar-refractivity contribution >= 4 is 11.8 Å². The van der Waals surface area contributed by atoms with Gasteiger partial charge in [-0.25, -0.2) is 0 Å². The smallest absolute Gasteiger partial charge is 0.276 e. The van der Waals surface area contributed by atoms with Crippen LogP contribution in [0.5, 0.6) is 0 Å². The topological polar surface area (TPSA) is 64.9 Å². The van der Waals surface area contributed by atoms with Crippen molar-refractivity contribution in [2.75, 3.05) is 6.54 Å². The first-order valence-electron chi connectivity index (χ1n) is 3.39. The Morgan fingerprint density at radius 1 is 1.64 bits per heavy atom. The Balaban J connectivity index is 2.50. The van der Waals surface area contributed by atoms with E-state index in [0.717, 1.165) is 0 Å². The summed E-state index contributed by atoms with van der Waals surface area (Å²) < 4.78 is 5.14. The zero-order valence-corrected chi connectivity index (χ0v) is 7.39. The Morgan fingerprint density at radius 3 is 2.82 bits per heavy atom. The van der Waals surface area contributed by atoms with Crippen molar-refractivity contribution in [2.24, 2.45) is 5.73 Å². The first-order chi connectivity index (χ1) is 5.22. The van der Waals surface area contributed by atoms with Crippen molar-refractivity contribution in [3.63, 3.8) is 0 Å². The average molecular weight is 173 g/mol. The molecular formula is C6H11N3OS. The van der Waals surface area contributed by atoms with Gasteiger partial charge in [0.05, 0.1) is 0 Å².